The summed E-state index contributed by atoms with van der Waals surface area (Å²) in [6.07, 6.45) is 7.26. The topological polar surface area (TPSA) is 61.8 Å². The Morgan fingerprint density at radius 3 is 2.63 bits per heavy atom. The standard InChI is InChI=1S/C15H31N3O/c1-5-13-9-8-12(2)18(13)11-7-6-10-15(3,4)14(16)17-19/h12-13,19H,5-11H2,1-4H3,(H2,16,17). The predicted molar refractivity (Wildman–Crippen MR) is 80.5 cm³/mol. The maximum Gasteiger partial charge on any atom is 0.144 e. The highest BCUT2D eigenvalue weighted by Crippen LogP contribution is 2.28. The van der Waals surface area contributed by atoms with Crippen LogP contribution in [0, 0.1) is 5.41 Å². The van der Waals surface area contributed by atoms with E-state index in [1.807, 2.05) is 13.8 Å². The number of amidine groups is 1. The minimum Gasteiger partial charge on any atom is -0.409 e. The average molecular weight is 269 g/mol. The quantitative estimate of drug-likeness (QED) is 0.245. The molecule has 2 atom stereocenters. The summed E-state index contributed by atoms with van der Waals surface area (Å²) in [4.78, 5) is 2.66. The van der Waals surface area contributed by atoms with Gasteiger partial charge in [0.05, 0.1) is 0 Å². The number of unbranched alkanes of at least 4 members (excludes halogenated alkanes) is 1. The fourth-order valence-corrected chi connectivity index (χ4v) is 3.09. The summed E-state index contributed by atoms with van der Waals surface area (Å²) < 4.78 is 0. The van der Waals surface area contributed by atoms with Crippen LogP contribution in [-0.2, 0) is 0 Å². The van der Waals surface area contributed by atoms with Crippen LogP contribution in [0.5, 0.6) is 0 Å². The van der Waals surface area contributed by atoms with E-state index >= 15 is 0 Å². The minimum absolute atomic E-state index is 0.199. The smallest absolute Gasteiger partial charge is 0.144 e. The highest BCUT2D eigenvalue weighted by Gasteiger charge is 2.29. The lowest BCUT2D eigenvalue weighted by molar-refractivity contribution is 0.192. The Hall–Kier alpha value is -0.770. The molecular weight excluding hydrogens is 238 g/mol. The van der Waals surface area contributed by atoms with Gasteiger partial charge in [-0.15, -0.1) is 0 Å². The lowest BCUT2D eigenvalue weighted by Gasteiger charge is -2.28. The van der Waals surface area contributed by atoms with Gasteiger partial charge in [0.1, 0.15) is 5.84 Å². The average Bonchev–Trinajstić information content (AvgIpc) is 2.74. The van der Waals surface area contributed by atoms with Crippen LogP contribution in [-0.4, -0.2) is 34.6 Å². The molecule has 0 aromatic rings. The highest BCUT2D eigenvalue weighted by molar-refractivity contribution is 5.85. The fraction of sp³-hybridized carbons (Fsp3) is 0.933. The molecule has 1 aliphatic heterocycles. The third-order valence-corrected chi connectivity index (χ3v) is 4.69. The molecular formula is C15H31N3O. The summed E-state index contributed by atoms with van der Waals surface area (Å²) in [7, 11) is 0. The molecule has 3 N–H and O–H groups in total. The molecule has 4 heteroatoms. The van der Waals surface area contributed by atoms with Gasteiger partial charge in [-0.3, -0.25) is 4.90 Å². The van der Waals surface area contributed by atoms with Crippen molar-refractivity contribution in [3.8, 4) is 0 Å². The second-order valence-electron chi connectivity index (χ2n) is 6.55. The first kappa shape index (κ1) is 16.3. The number of hydrogen-bond donors (Lipinski definition) is 2. The van der Waals surface area contributed by atoms with Crippen molar-refractivity contribution < 1.29 is 5.21 Å². The third kappa shape index (κ3) is 4.37. The van der Waals surface area contributed by atoms with E-state index < -0.39 is 0 Å². The van der Waals surface area contributed by atoms with E-state index in [0.717, 1.165) is 24.9 Å². The molecule has 1 heterocycles. The molecule has 1 fully saturated rings. The van der Waals surface area contributed by atoms with Crippen molar-refractivity contribution in [3.05, 3.63) is 0 Å². The van der Waals surface area contributed by atoms with E-state index in [-0.39, 0.29) is 5.41 Å². The summed E-state index contributed by atoms with van der Waals surface area (Å²) in [5.74, 6) is 0.341. The maximum atomic E-state index is 8.76. The summed E-state index contributed by atoms with van der Waals surface area (Å²) >= 11 is 0. The first-order valence-corrected chi connectivity index (χ1v) is 7.66. The van der Waals surface area contributed by atoms with E-state index in [4.69, 9.17) is 10.9 Å². The van der Waals surface area contributed by atoms with Gasteiger partial charge < -0.3 is 10.9 Å². The predicted octanol–water partition coefficient (Wildman–Crippen LogP) is 3.19. The van der Waals surface area contributed by atoms with Crippen molar-refractivity contribution in [3.63, 3.8) is 0 Å². The van der Waals surface area contributed by atoms with E-state index in [1.165, 1.54) is 32.2 Å². The van der Waals surface area contributed by atoms with Crippen molar-refractivity contribution in [1.82, 2.24) is 4.90 Å². The Morgan fingerprint density at radius 1 is 1.37 bits per heavy atom. The zero-order valence-corrected chi connectivity index (χ0v) is 13.0. The molecule has 1 saturated heterocycles. The second-order valence-corrected chi connectivity index (χ2v) is 6.55. The van der Waals surface area contributed by atoms with Crippen molar-refractivity contribution in [2.24, 2.45) is 16.3 Å². The van der Waals surface area contributed by atoms with Gasteiger partial charge in [0, 0.05) is 17.5 Å². The van der Waals surface area contributed by atoms with Gasteiger partial charge in [-0.25, -0.2) is 0 Å². The summed E-state index contributed by atoms with van der Waals surface area (Å²) in [5.41, 5.74) is 5.51. The first-order chi connectivity index (χ1) is 8.92. The van der Waals surface area contributed by atoms with Crippen LogP contribution in [0.4, 0.5) is 0 Å². The number of rotatable bonds is 7. The number of nitrogens with two attached hydrogens (primary N) is 1. The van der Waals surface area contributed by atoms with E-state index in [0.29, 0.717) is 5.84 Å². The van der Waals surface area contributed by atoms with Gasteiger partial charge >= 0.3 is 0 Å². The summed E-state index contributed by atoms with van der Waals surface area (Å²) in [5, 5.41) is 11.9. The van der Waals surface area contributed by atoms with Gasteiger partial charge in [-0.2, -0.15) is 0 Å². The molecule has 1 aliphatic rings. The molecule has 4 nitrogen and oxygen atoms in total. The Bertz CT molecular complexity index is 302. The molecule has 0 bridgehead atoms. The van der Waals surface area contributed by atoms with Gasteiger partial charge in [-0.05, 0) is 45.6 Å². The zero-order valence-electron chi connectivity index (χ0n) is 13.0. The van der Waals surface area contributed by atoms with Gasteiger partial charge in [-0.1, -0.05) is 32.3 Å². The molecule has 0 saturated carbocycles. The normalized spacial score (nSPS) is 26.0. The number of oxime groups is 1. The van der Waals surface area contributed by atoms with Crippen LogP contribution in [0.15, 0.2) is 5.16 Å². The summed E-state index contributed by atoms with van der Waals surface area (Å²) in [6.45, 7) is 9.89. The Morgan fingerprint density at radius 2 is 2.05 bits per heavy atom. The second kappa shape index (κ2) is 7.13. The monoisotopic (exact) mass is 269 g/mol. The van der Waals surface area contributed by atoms with Crippen molar-refractivity contribution >= 4 is 5.84 Å². The molecule has 0 aromatic carbocycles. The van der Waals surface area contributed by atoms with Gasteiger partial charge in [0.2, 0.25) is 0 Å². The van der Waals surface area contributed by atoms with Crippen LogP contribution < -0.4 is 5.73 Å². The van der Waals surface area contributed by atoms with Crippen LogP contribution in [0.25, 0.3) is 0 Å². The van der Waals surface area contributed by atoms with Crippen LogP contribution in [0.2, 0.25) is 0 Å². The van der Waals surface area contributed by atoms with Crippen molar-refractivity contribution in [1.29, 1.82) is 0 Å². The van der Waals surface area contributed by atoms with E-state index in [9.17, 15) is 0 Å². The Balaban J connectivity index is 2.31. The van der Waals surface area contributed by atoms with Crippen LogP contribution in [0.1, 0.15) is 66.2 Å². The number of nitrogens with zero attached hydrogens (tertiary/aromatic N) is 2. The Labute approximate surface area is 118 Å². The number of hydrogen-bond acceptors (Lipinski definition) is 3. The molecule has 0 radical (unpaired) electrons. The van der Waals surface area contributed by atoms with E-state index in [1.54, 1.807) is 0 Å². The molecule has 0 spiro atoms. The lowest BCUT2D eigenvalue weighted by atomic mass is 9.86. The highest BCUT2D eigenvalue weighted by atomic mass is 16.4. The molecule has 0 amide bonds. The fourth-order valence-electron chi connectivity index (χ4n) is 3.09. The summed E-state index contributed by atoms with van der Waals surface area (Å²) in [6, 6.07) is 1.52. The lowest BCUT2D eigenvalue weighted by Crippen LogP contribution is -2.35. The third-order valence-electron chi connectivity index (χ3n) is 4.69. The van der Waals surface area contributed by atoms with E-state index in [2.05, 4.69) is 23.9 Å². The van der Waals surface area contributed by atoms with Crippen molar-refractivity contribution in [2.45, 2.75) is 78.3 Å². The molecule has 2 unspecified atom stereocenters. The van der Waals surface area contributed by atoms with Gasteiger partial charge in [0.15, 0.2) is 0 Å². The van der Waals surface area contributed by atoms with Gasteiger partial charge in [0.25, 0.3) is 0 Å². The first-order valence-electron chi connectivity index (χ1n) is 7.66. The molecule has 0 aromatic heterocycles. The Kier molecular flexibility index (Phi) is 6.11. The SMILES string of the molecule is CCC1CCC(C)N1CCCCC(C)(C)C(N)=NO. The molecule has 1 rings (SSSR count). The number of likely N-dealkylation sites (tertiary alicyclic amines) is 1. The van der Waals surface area contributed by atoms with Crippen molar-refractivity contribution in [2.75, 3.05) is 6.54 Å². The minimum atomic E-state index is -0.199. The molecule has 19 heavy (non-hydrogen) atoms. The molecule has 0 aliphatic carbocycles. The van der Waals surface area contributed by atoms with Crippen LogP contribution >= 0.6 is 0 Å². The maximum absolute atomic E-state index is 8.76. The zero-order chi connectivity index (χ0) is 14.5. The largest absolute Gasteiger partial charge is 0.409 e. The molecule has 112 valence electrons. The van der Waals surface area contributed by atoms with Crippen LogP contribution in [0.3, 0.4) is 0 Å².